The Morgan fingerprint density at radius 3 is 2.59 bits per heavy atom. The van der Waals surface area contributed by atoms with Gasteiger partial charge in [-0.3, -0.25) is 0 Å². The van der Waals surface area contributed by atoms with E-state index in [2.05, 4.69) is 76.0 Å². The molecule has 3 atom stereocenters. The number of piperazine rings is 1. The third-order valence-electron chi connectivity index (χ3n) is 9.96. The van der Waals surface area contributed by atoms with E-state index in [9.17, 15) is 5.11 Å². The fourth-order valence-electron chi connectivity index (χ4n) is 7.66. The maximum absolute atomic E-state index is 10.6. The summed E-state index contributed by atoms with van der Waals surface area (Å²) in [6.45, 7) is 9.73. The van der Waals surface area contributed by atoms with E-state index in [1.54, 1.807) is 0 Å². The number of hydrogen-bond acceptors (Lipinski definition) is 8. The molecule has 2 bridgehead atoms. The van der Waals surface area contributed by atoms with Gasteiger partial charge in [-0.25, -0.2) is 0 Å². The summed E-state index contributed by atoms with van der Waals surface area (Å²) in [4.78, 5) is 17.3. The van der Waals surface area contributed by atoms with Crippen LogP contribution in [0, 0.1) is 10.8 Å². The first-order valence-corrected chi connectivity index (χ1v) is 15.7. The highest BCUT2D eigenvalue weighted by atomic mass is 79.9. The summed E-state index contributed by atoms with van der Waals surface area (Å²) in [5, 5.41) is 16.5. The summed E-state index contributed by atoms with van der Waals surface area (Å²) in [6, 6.07) is 11.4. The molecule has 3 unspecified atom stereocenters. The summed E-state index contributed by atoms with van der Waals surface area (Å²) in [6.07, 6.45) is 4.45. The number of rotatable bonds is 7. The van der Waals surface area contributed by atoms with E-state index in [-0.39, 0.29) is 16.6 Å². The molecule has 1 aliphatic carbocycles. The number of aromatic nitrogens is 2. The first kappa shape index (κ1) is 27.2. The van der Waals surface area contributed by atoms with Crippen molar-refractivity contribution in [1.29, 1.82) is 0 Å². The molecular formula is C32H41BrN6O2. The Kier molecular flexibility index (Phi) is 6.63. The molecule has 7 rings (SSSR count). The Balaban J connectivity index is 1.24. The molecule has 1 aromatic heterocycles. The van der Waals surface area contributed by atoms with Crippen LogP contribution in [0.25, 0.3) is 10.8 Å². The third-order valence-corrected chi connectivity index (χ3v) is 10.6. The van der Waals surface area contributed by atoms with Crippen LogP contribution in [0.1, 0.15) is 44.4 Å². The number of nitrogens with zero attached hydrogens (tertiary/aromatic N) is 5. The highest BCUT2D eigenvalue weighted by Crippen LogP contribution is 2.63. The van der Waals surface area contributed by atoms with Gasteiger partial charge in [-0.05, 0) is 62.7 Å². The van der Waals surface area contributed by atoms with Crippen molar-refractivity contribution in [3.63, 3.8) is 0 Å². The SMILES string of the molecule is CN(C)CC1(COc2nc3c(c(N4CC5CCC(C4)N5)n2)CCN(c2cc(O)cc4cccc(Br)c24)C3)CC1(C)C. The Morgan fingerprint density at radius 1 is 1.12 bits per heavy atom. The second kappa shape index (κ2) is 9.99. The monoisotopic (exact) mass is 620 g/mol. The molecular weight excluding hydrogens is 580 g/mol. The van der Waals surface area contributed by atoms with Crippen molar-refractivity contribution in [3.8, 4) is 11.8 Å². The number of hydrogen-bond donors (Lipinski definition) is 2. The standard InChI is InChI=1S/C32H41BrN6O2/c1-31(2)17-32(31,18-37(3)4)19-41-30-35-26-16-38(27-13-23(40)12-20-6-5-7-25(33)28(20)27)11-10-24(26)29(36-30)39-14-21-8-9-22(15-39)34-21/h5-7,12-13,21-22,34,40H,8-11,14-19H2,1-4H3. The predicted octanol–water partition coefficient (Wildman–Crippen LogP) is 4.96. The zero-order valence-electron chi connectivity index (χ0n) is 24.6. The van der Waals surface area contributed by atoms with Crippen molar-refractivity contribution in [2.45, 2.75) is 58.2 Å². The molecule has 3 aliphatic heterocycles. The number of nitrogens with one attached hydrogen (secondary N) is 1. The molecule has 3 fully saturated rings. The van der Waals surface area contributed by atoms with Gasteiger partial charge in [0.25, 0.3) is 0 Å². The maximum atomic E-state index is 10.6. The number of anilines is 2. The molecule has 4 aliphatic rings. The molecule has 3 aromatic rings. The molecule has 41 heavy (non-hydrogen) atoms. The zero-order chi connectivity index (χ0) is 28.5. The van der Waals surface area contributed by atoms with Crippen LogP contribution in [0.5, 0.6) is 11.8 Å². The van der Waals surface area contributed by atoms with Crippen molar-refractivity contribution in [1.82, 2.24) is 20.2 Å². The summed E-state index contributed by atoms with van der Waals surface area (Å²) in [7, 11) is 4.28. The van der Waals surface area contributed by atoms with Gasteiger partial charge in [0.1, 0.15) is 11.6 Å². The van der Waals surface area contributed by atoms with Gasteiger partial charge in [-0.2, -0.15) is 9.97 Å². The number of fused-ring (bicyclic) bond motifs is 4. The lowest BCUT2D eigenvalue weighted by Crippen LogP contribution is -2.52. The lowest BCUT2D eigenvalue weighted by atomic mass is 9.96. The van der Waals surface area contributed by atoms with E-state index in [0.717, 1.165) is 71.5 Å². The first-order chi connectivity index (χ1) is 19.6. The second-order valence-corrected chi connectivity index (χ2v) is 14.5. The number of ether oxygens (including phenoxy) is 1. The third kappa shape index (κ3) is 4.93. The molecule has 2 saturated heterocycles. The molecule has 1 saturated carbocycles. The second-order valence-electron chi connectivity index (χ2n) is 13.6. The van der Waals surface area contributed by atoms with Crippen LogP contribution in [-0.2, 0) is 13.0 Å². The minimum Gasteiger partial charge on any atom is -0.508 e. The van der Waals surface area contributed by atoms with Gasteiger partial charge in [0, 0.05) is 70.9 Å². The minimum absolute atomic E-state index is 0.114. The fraction of sp³-hybridized carbons (Fsp3) is 0.562. The Hall–Kier alpha value is -2.62. The van der Waals surface area contributed by atoms with E-state index >= 15 is 0 Å². The maximum Gasteiger partial charge on any atom is 0.318 e. The van der Waals surface area contributed by atoms with Crippen LogP contribution < -0.4 is 19.9 Å². The van der Waals surface area contributed by atoms with Crippen molar-refractivity contribution in [3.05, 3.63) is 46.1 Å². The number of aromatic hydroxyl groups is 1. The van der Waals surface area contributed by atoms with Gasteiger partial charge in [0.2, 0.25) is 0 Å². The molecule has 0 amide bonds. The van der Waals surface area contributed by atoms with Crippen molar-refractivity contribution < 1.29 is 9.84 Å². The van der Waals surface area contributed by atoms with Gasteiger partial charge < -0.3 is 29.9 Å². The highest BCUT2D eigenvalue weighted by molar-refractivity contribution is 9.10. The van der Waals surface area contributed by atoms with Crippen molar-refractivity contribution >= 4 is 38.2 Å². The lowest BCUT2D eigenvalue weighted by molar-refractivity contribution is 0.153. The van der Waals surface area contributed by atoms with Gasteiger partial charge >= 0.3 is 6.01 Å². The van der Waals surface area contributed by atoms with Gasteiger partial charge in [0.05, 0.1) is 18.8 Å². The Bertz CT molecular complexity index is 1480. The fourth-order valence-corrected chi connectivity index (χ4v) is 8.24. The number of phenolic OH excluding ortho intramolecular Hbond substituents is 1. The highest BCUT2D eigenvalue weighted by Gasteiger charge is 2.61. The Morgan fingerprint density at radius 2 is 1.88 bits per heavy atom. The molecule has 0 radical (unpaired) electrons. The van der Waals surface area contributed by atoms with Crippen LogP contribution in [0.3, 0.4) is 0 Å². The summed E-state index contributed by atoms with van der Waals surface area (Å²) in [5.74, 6) is 1.33. The summed E-state index contributed by atoms with van der Waals surface area (Å²) < 4.78 is 7.55. The van der Waals surface area contributed by atoms with Gasteiger partial charge in [-0.15, -0.1) is 0 Å². The Labute approximate surface area is 251 Å². The zero-order valence-corrected chi connectivity index (χ0v) is 26.2. The smallest absolute Gasteiger partial charge is 0.318 e. The summed E-state index contributed by atoms with van der Waals surface area (Å²) in [5.41, 5.74) is 3.65. The molecule has 2 aromatic carbocycles. The first-order valence-electron chi connectivity index (χ1n) is 15.0. The molecule has 8 nitrogen and oxygen atoms in total. The lowest BCUT2D eigenvalue weighted by Gasteiger charge is -2.37. The number of halogens is 1. The average molecular weight is 622 g/mol. The quantitative estimate of drug-likeness (QED) is 0.384. The van der Waals surface area contributed by atoms with Gasteiger partial charge in [-0.1, -0.05) is 41.9 Å². The number of benzene rings is 2. The van der Waals surface area contributed by atoms with Crippen LogP contribution in [0.15, 0.2) is 34.8 Å². The predicted molar refractivity (Wildman–Crippen MR) is 167 cm³/mol. The number of phenols is 1. The molecule has 4 heterocycles. The van der Waals surface area contributed by atoms with Crippen LogP contribution >= 0.6 is 15.9 Å². The van der Waals surface area contributed by atoms with Gasteiger partial charge in [0.15, 0.2) is 0 Å². The van der Waals surface area contributed by atoms with E-state index in [4.69, 9.17) is 14.7 Å². The average Bonchev–Trinajstić information content (AvgIpc) is 3.29. The largest absolute Gasteiger partial charge is 0.508 e. The minimum atomic E-state index is 0.114. The molecule has 2 N–H and O–H groups in total. The van der Waals surface area contributed by atoms with Crippen molar-refractivity contribution in [2.24, 2.45) is 10.8 Å². The van der Waals surface area contributed by atoms with Crippen LogP contribution in [0.2, 0.25) is 0 Å². The van der Waals surface area contributed by atoms with E-state index in [1.807, 2.05) is 18.2 Å². The molecule has 218 valence electrons. The van der Waals surface area contributed by atoms with E-state index in [0.29, 0.717) is 31.2 Å². The van der Waals surface area contributed by atoms with Crippen LogP contribution in [-0.4, -0.2) is 78.9 Å². The van der Waals surface area contributed by atoms with Crippen molar-refractivity contribution in [2.75, 3.05) is 56.7 Å². The molecule has 0 spiro atoms. The normalized spacial score (nSPS) is 26.5. The topological polar surface area (TPSA) is 77.0 Å². The van der Waals surface area contributed by atoms with Crippen LogP contribution in [0.4, 0.5) is 11.5 Å². The summed E-state index contributed by atoms with van der Waals surface area (Å²) >= 11 is 3.76. The molecule has 9 heteroatoms. The van der Waals surface area contributed by atoms with E-state index in [1.165, 1.54) is 18.4 Å². The van der Waals surface area contributed by atoms with E-state index < -0.39 is 0 Å².